The van der Waals surface area contributed by atoms with Crippen LogP contribution in [0.1, 0.15) is 43.5 Å². The molecule has 1 aliphatic heterocycles. The summed E-state index contributed by atoms with van der Waals surface area (Å²) in [5.74, 6) is -0.180. The summed E-state index contributed by atoms with van der Waals surface area (Å²) < 4.78 is 4.88. The number of nitrogens with zero attached hydrogens (tertiary/aromatic N) is 1. The van der Waals surface area contributed by atoms with Crippen molar-refractivity contribution in [2.24, 2.45) is 0 Å². The van der Waals surface area contributed by atoms with Crippen molar-refractivity contribution in [2.75, 3.05) is 7.11 Å². The van der Waals surface area contributed by atoms with Crippen molar-refractivity contribution >= 4 is 5.97 Å². The van der Waals surface area contributed by atoms with Gasteiger partial charge in [0, 0.05) is 12.1 Å². The Kier molecular flexibility index (Phi) is 2.86. The minimum atomic E-state index is -0.249. The van der Waals surface area contributed by atoms with Crippen molar-refractivity contribution in [1.82, 2.24) is 15.3 Å². The highest BCUT2D eigenvalue weighted by Crippen LogP contribution is 2.40. The van der Waals surface area contributed by atoms with Gasteiger partial charge in [-0.3, -0.25) is 10.1 Å². The molecule has 1 spiro atoms. The van der Waals surface area contributed by atoms with E-state index in [9.17, 15) is 4.79 Å². The minimum Gasteiger partial charge on any atom is -0.468 e. The molecule has 5 nitrogen and oxygen atoms in total. The third-order valence-corrected chi connectivity index (χ3v) is 4.22. The molecule has 0 radical (unpaired) electrons. The molecule has 2 N–H and O–H groups in total. The van der Waals surface area contributed by atoms with Crippen LogP contribution >= 0.6 is 0 Å². The van der Waals surface area contributed by atoms with E-state index in [-0.39, 0.29) is 17.6 Å². The molecule has 2 aliphatic rings. The number of hydrogen-bond donors (Lipinski definition) is 2. The highest BCUT2D eigenvalue weighted by molar-refractivity contribution is 5.76. The maximum absolute atomic E-state index is 11.8. The Hall–Kier alpha value is -1.36. The number of hydrogen-bond acceptors (Lipinski definition) is 4. The average molecular weight is 249 g/mol. The first-order chi connectivity index (χ1) is 8.75. The van der Waals surface area contributed by atoms with E-state index in [1.165, 1.54) is 26.4 Å². The Labute approximate surface area is 106 Å². The molecule has 5 heteroatoms. The molecule has 1 aromatic rings. The summed E-state index contributed by atoms with van der Waals surface area (Å²) in [5, 5.41) is 3.50. The van der Waals surface area contributed by atoms with Crippen LogP contribution in [0.25, 0.3) is 0 Å². The maximum atomic E-state index is 11.8. The molecule has 1 unspecified atom stereocenters. The number of fused-ring (bicyclic) bond motifs is 2. The van der Waals surface area contributed by atoms with Gasteiger partial charge in [0.05, 0.1) is 24.7 Å². The zero-order valence-electron chi connectivity index (χ0n) is 10.7. The van der Waals surface area contributed by atoms with Gasteiger partial charge in [0.1, 0.15) is 6.04 Å². The number of H-pyrrole nitrogens is 1. The zero-order chi connectivity index (χ0) is 12.6. The highest BCUT2D eigenvalue weighted by atomic mass is 16.5. The van der Waals surface area contributed by atoms with Crippen LogP contribution in [0.5, 0.6) is 0 Å². The topological polar surface area (TPSA) is 67.0 Å². The number of aromatic amines is 1. The second-order valence-electron chi connectivity index (χ2n) is 5.30. The second kappa shape index (κ2) is 4.39. The molecule has 2 heterocycles. The second-order valence-corrected chi connectivity index (χ2v) is 5.30. The van der Waals surface area contributed by atoms with Crippen molar-refractivity contribution in [2.45, 2.75) is 50.1 Å². The largest absolute Gasteiger partial charge is 0.468 e. The summed E-state index contributed by atoms with van der Waals surface area (Å²) in [7, 11) is 1.44. The van der Waals surface area contributed by atoms with Gasteiger partial charge in [-0.1, -0.05) is 19.3 Å². The lowest BCUT2D eigenvalue weighted by atomic mass is 9.75. The molecule has 1 aromatic heterocycles. The monoisotopic (exact) mass is 249 g/mol. The summed E-state index contributed by atoms with van der Waals surface area (Å²) in [5.41, 5.74) is 2.08. The van der Waals surface area contributed by atoms with E-state index in [4.69, 9.17) is 4.74 Å². The molecule has 0 aromatic carbocycles. The lowest BCUT2D eigenvalue weighted by Crippen LogP contribution is -2.56. The normalized spacial score (nSPS) is 25.7. The van der Waals surface area contributed by atoms with Crippen LogP contribution in [0.2, 0.25) is 0 Å². The van der Waals surface area contributed by atoms with E-state index in [1.807, 2.05) is 0 Å². The minimum absolute atomic E-state index is 0.120. The lowest BCUT2D eigenvalue weighted by Gasteiger charge is -2.43. The fourth-order valence-corrected chi connectivity index (χ4v) is 3.37. The molecule has 0 saturated heterocycles. The molecule has 18 heavy (non-hydrogen) atoms. The van der Waals surface area contributed by atoms with Gasteiger partial charge in [-0.05, 0) is 12.8 Å². The summed E-state index contributed by atoms with van der Waals surface area (Å²) in [6, 6.07) is -0.249. The number of ether oxygens (including phenoxy) is 1. The highest BCUT2D eigenvalue weighted by Gasteiger charge is 2.44. The molecule has 1 atom stereocenters. The number of esters is 1. The predicted molar refractivity (Wildman–Crippen MR) is 66.0 cm³/mol. The van der Waals surface area contributed by atoms with E-state index in [0.29, 0.717) is 6.42 Å². The third-order valence-electron chi connectivity index (χ3n) is 4.22. The van der Waals surface area contributed by atoms with E-state index in [2.05, 4.69) is 15.3 Å². The van der Waals surface area contributed by atoms with Crippen LogP contribution in [0.4, 0.5) is 0 Å². The van der Waals surface area contributed by atoms with Gasteiger partial charge in [-0.15, -0.1) is 0 Å². The van der Waals surface area contributed by atoms with Gasteiger partial charge >= 0.3 is 5.97 Å². The first-order valence-corrected chi connectivity index (χ1v) is 6.63. The predicted octanol–water partition coefficient (Wildman–Crippen LogP) is 1.26. The zero-order valence-corrected chi connectivity index (χ0v) is 10.7. The smallest absolute Gasteiger partial charge is 0.323 e. The van der Waals surface area contributed by atoms with Gasteiger partial charge in [-0.2, -0.15) is 0 Å². The van der Waals surface area contributed by atoms with Crippen LogP contribution in [0.15, 0.2) is 6.33 Å². The Morgan fingerprint density at radius 2 is 2.22 bits per heavy atom. The van der Waals surface area contributed by atoms with Crippen LogP contribution < -0.4 is 5.32 Å². The number of aromatic nitrogens is 2. The van der Waals surface area contributed by atoms with Crippen molar-refractivity contribution in [3.8, 4) is 0 Å². The molecular weight excluding hydrogens is 230 g/mol. The van der Waals surface area contributed by atoms with Gasteiger partial charge < -0.3 is 9.72 Å². The molecule has 0 bridgehead atoms. The summed E-state index contributed by atoms with van der Waals surface area (Å²) in [6.45, 7) is 0. The van der Waals surface area contributed by atoms with E-state index in [0.717, 1.165) is 24.2 Å². The van der Waals surface area contributed by atoms with E-state index in [1.54, 1.807) is 6.33 Å². The number of imidazole rings is 1. The molecule has 1 saturated carbocycles. The number of carbonyl (C=O) groups excluding carboxylic acids is 1. The average Bonchev–Trinajstić information content (AvgIpc) is 2.88. The SMILES string of the molecule is COC(=O)C1Cc2[nH]cnc2C2(CCCCC2)N1. The van der Waals surface area contributed by atoms with Crippen molar-refractivity contribution in [1.29, 1.82) is 0 Å². The van der Waals surface area contributed by atoms with Crippen LogP contribution in [0, 0.1) is 0 Å². The molecule has 1 fully saturated rings. The third kappa shape index (κ3) is 1.73. The summed E-state index contributed by atoms with van der Waals surface area (Å²) in [4.78, 5) is 19.5. The molecule has 3 rings (SSSR count). The van der Waals surface area contributed by atoms with Gasteiger partial charge in [-0.25, -0.2) is 4.98 Å². The van der Waals surface area contributed by atoms with Crippen molar-refractivity contribution in [3.05, 3.63) is 17.7 Å². The standard InChI is InChI=1S/C13H19N3O2/c1-18-12(17)10-7-9-11(15-8-14-9)13(16-10)5-3-2-4-6-13/h8,10,16H,2-7H2,1H3,(H,14,15). The Morgan fingerprint density at radius 3 is 2.94 bits per heavy atom. The number of rotatable bonds is 1. The van der Waals surface area contributed by atoms with Gasteiger partial charge in [0.25, 0.3) is 0 Å². The van der Waals surface area contributed by atoms with Gasteiger partial charge in [0.2, 0.25) is 0 Å². The lowest BCUT2D eigenvalue weighted by molar-refractivity contribution is -0.144. The fraction of sp³-hybridized carbons (Fsp3) is 0.692. The molecule has 0 amide bonds. The molecule has 98 valence electrons. The molecule has 1 aliphatic carbocycles. The first kappa shape index (κ1) is 11.7. The molecular formula is C13H19N3O2. The number of methoxy groups -OCH3 is 1. The summed E-state index contributed by atoms with van der Waals surface area (Å²) >= 11 is 0. The summed E-state index contributed by atoms with van der Waals surface area (Å²) in [6.07, 6.45) is 8.13. The van der Waals surface area contributed by atoms with Crippen LogP contribution in [-0.2, 0) is 21.5 Å². The van der Waals surface area contributed by atoms with E-state index >= 15 is 0 Å². The van der Waals surface area contributed by atoms with Crippen molar-refractivity contribution in [3.63, 3.8) is 0 Å². The first-order valence-electron chi connectivity index (χ1n) is 6.63. The maximum Gasteiger partial charge on any atom is 0.323 e. The van der Waals surface area contributed by atoms with Crippen LogP contribution in [0.3, 0.4) is 0 Å². The van der Waals surface area contributed by atoms with Crippen molar-refractivity contribution < 1.29 is 9.53 Å². The van der Waals surface area contributed by atoms with E-state index < -0.39 is 0 Å². The Morgan fingerprint density at radius 1 is 1.44 bits per heavy atom. The quantitative estimate of drug-likeness (QED) is 0.735. The Balaban J connectivity index is 1.96. The number of carbonyl (C=O) groups is 1. The Bertz CT molecular complexity index is 449. The fourth-order valence-electron chi connectivity index (χ4n) is 3.37. The van der Waals surface area contributed by atoms with Gasteiger partial charge in [0.15, 0.2) is 0 Å². The van der Waals surface area contributed by atoms with Crippen LogP contribution in [-0.4, -0.2) is 29.1 Å². The number of nitrogens with one attached hydrogen (secondary N) is 2.